The minimum atomic E-state index is 0. The van der Waals surface area contributed by atoms with E-state index in [0.717, 1.165) is 50.4 Å². The van der Waals surface area contributed by atoms with Crippen LogP contribution < -0.4 is 0 Å². The molecule has 170 valence electrons. The lowest BCUT2D eigenvalue weighted by molar-refractivity contribution is 1.31. The number of hydrogen-bond donors (Lipinski definition) is 2. The summed E-state index contributed by atoms with van der Waals surface area (Å²) in [6, 6.07) is 28.4. The maximum absolute atomic E-state index is 4.63. The van der Waals surface area contributed by atoms with E-state index >= 15 is 0 Å². The summed E-state index contributed by atoms with van der Waals surface area (Å²) in [5.74, 6) is 0. The van der Waals surface area contributed by atoms with Crippen LogP contribution >= 0.6 is 0 Å². The van der Waals surface area contributed by atoms with Crippen LogP contribution in [0.2, 0.25) is 0 Å². The molecule has 7 rings (SSSR count). The highest BCUT2D eigenvalue weighted by molar-refractivity contribution is 5.78. The maximum Gasteiger partial charge on any atom is 0.0701 e. The smallest absolute Gasteiger partial charge is 0.0701 e. The van der Waals surface area contributed by atoms with Crippen LogP contribution in [-0.2, 0) is 0 Å². The number of fused-ring (bicyclic) bond motifs is 9. The highest BCUT2D eigenvalue weighted by atomic mass is 14.8. The number of nitrogens with zero attached hydrogens (tertiary/aromatic N) is 3. The molecule has 5 aromatic rings. The fourth-order valence-corrected chi connectivity index (χ4v) is 3.96. The molecule has 2 N–H and O–H groups in total. The van der Waals surface area contributed by atoms with Gasteiger partial charge in [-0.25, -0.2) is 9.97 Å². The molecule has 0 atom stereocenters. The molecule has 0 spiro atoms. The average Bonchev–Trinajstić information content (AvgIpc) is 3.66. The average molecular weight is 456 g/mol. The second kappa shape index (κ2) is 9.61. The minimum Gasteiger partial charge on any atom is -0.355 e. The Bertz CT molecular complexity index is 1480. The molecule has 0 unspecified atom stereocenters. The maximum atomic E-state index is 4.63. The van der Waals surface area contributed by atoms with Gasteiger partial charge in [0.2, 0.25) is 0 Å². The summed E-state index contributed by atoms with van der Waals surface area (Å²) in [5.41, 5.74) is 8.92. The first-order valence-electron chi connectivity index (χ1n) is 11.1. The van der Waals surface area contributed by atoms with Crippen molar-refractivity contribution in [3.8, 4) is 0 Å². The number of benzene rings is 1. The molecule has 0 saturated carbocycles. The fraction of sp³-hybridized carbons (Fsp3) is 0.0333. The monoisotopic (exact) mass is 455 g/mol. The molecule has 2 aliphatic heterocycles. The van der Waals surface area contributed by atoms with Gasteiger partial charge in [0.1, 0.15) is 0 Å². The molecule has 5 nitrogen and oxygen atoms in total. The number of nitrogens with one attached hydrogen (secondary N) is 2. The summed E-state index contributed by atoms with van der Waals surface area (Å²) in [5, 5.41) is 1.20. The van der Waals surface area contributed by atoms with Gasteiger partial charge in [0, 0.05) is 33.6 Å². The van der Waals surface area contributed by atoms with E-state index in [9.17, 15) is 0 Å². The molecule has 8 bridgehead atoms. The Kier molecular flexibility index (Phi) is 6.05. The zero-order chi connectivity index (χ0) is 22.7. The molecule has 5 heteroatoms. The van der Waals surface area contributed by atoms with E-state index < -0.39 is 0 Å². The summed E-state index contributed by atoms with van der Waals surface area (Å²) in [7, 11) is 0. The van der Waals surface area contributed by atoms with Crippen LogP contribution in [0.5, 0.6) is 0 Å². The van der Waals surface area contributed by atoms with E-state index in [0.29, 0.717) is 0 Å². The van der Waals surface area contributed by atoms with Gasteiger partial charge in [-0.1, -0.05) is 31.7 Å². The lowest BCUT2D eigenvalue weighted by atomic mass is 10.2. The first-order valence-corrected chi connectivity index (χ1v) is 11.1. The van der Waals surface area contributed by atoms with Gasteiger partial charge in [-0.15, -0.1) is 0 Å². The Hall–Kier alpha value is -4.77. The third-order valence-electron chi connectivity index (χ3n) is 5.55. The van der Waals surface area contributed by atoms with Crippen molar-refractivity contribution in [3.05, 3.63) is 114 Å². The highest BCUT2D eigenvalue weighted by Crippen LogP contribution is 2.17. The van der Waals surface area contributed by atoms with E-state index in [1.54, 1.807) is 0 Å². The standard InChI is InChI=1S/C20H14N4.C9H7N.CH4/c1-2-14-10-16-5-6-18(23-16)12-20-8-7-19(24-20)11-17-4-3-15(22-17)9-13(1)21-14;1-2-6-9-8(4-1)5-3-7-10-9;/h1-12,21,24H;1-7H;1H4. The van der Waals surface area contributed by atoms with Crippen molar-refractivity contribution in [2.75, 3.05) is 0 Å². The van der Waals surface area contributed by atoms with Crippen molar-refractivity contribution >= 4 is 57.3 Å². The molecular weight excluding hydrogens is 430 g/mol. The number of H-pyrrole nitrogens is 2. The number of rotatable bonds is 0. The highest BCUT2D eigenvalue weighted by Gasteiger charge is 2.01. The van der Waals surface area contributed by atoms with Gasteiger partial charge in [0.25, 0.3) is 0 Å². The van der Waals surface area contributed by atoms with Gasteiger partial charge in [0.15, 0.2) is 0 Å². The summed E-state index contributed by atoms with van der Waals surface area (Å²) in [6.07, 6.45) is 9.90. The molecule has 2 aliphatic rings. The number of aromatic nitrogens is 5. The first kappa shape index (κ1) is 22.0. The van der Waals surface area contributed by atoms with Crippen LogP contribution in [0.25, 0.3) is 57.3 Å². The third kappa shape index (κ3) is 5.09. The molecule has 6 heterocycles. The number of para-hydroxylation sites is 1. The van der Waals surface area contributed by atoms with E-state index in [1.165, 1.54) is 5.39 Å². The van der Waals surface area contributed by atoms with Crippen molar-refractivity contribution in [2.24, 2.45) is 0 Å². The lowest BCUT2D eigenvalue weighted by Gasteiger charge is -1.91. The van der Waals surface area contributed by atoms with Crippen molar-refractivity contribution in [1.29, 1.82) is 0 Å². The van der Waals surface area contributed by atoms with Crippen LogP contribution in [0.4, 0.5) is 0 Å². The van der Waals surface area contributed by atoms with E-state index in [-0.39, 0.29) is 7.43 Å². The van der Waals surface area contributed by atoms with Crippen LogP contribution in [-0.4, -0.2) is 24.9 Å². The second-order valence-electron chi connectivity index (χ2n) is 8.10. The van der Waals surface area contributed by atoms with Crippen LogP contribution in [0.3, 0.4) is 0 Å². The molecule has 0 radical (unpaired) electrons. The van der Waals surface area contributed by atoms with Crippen LogP contribution in [0, 0.1) is 0 Å². The van der Waals surface area contributed by atoms with Crippen LogP contribution in [0.15, 0.2) is 91.1 Å². The zero-order valence-corrected chi connectivity index (χ0v) is 18.3. The number of hydrogen-bond acceptors (Lipinski definition) is 3. The Balaban J connectivity index is 0.000000194. The molecule has 35 heavy (non-hydrogen) atoms. The van der Waals surface area contributed by atoms with Gasteiger partial charge in [-0.2, -0.15) is 0 Å². The van der Waals surface area contributed by atoms with Gasteiger partial charge in [-0.3, -0.25) is 4.98 Å². The molecule has 0 amide bonds. The fourth-order valence-electron chi connectivity index (χ4n) is 3.96. The Labute approximate surface area is 203 Å². The summed E-state index contributed by atoms with van der Waals surface area (Å²) in [4.78, 5) is 20.2. The van der Waals surface area contributed by atoms with E-state index in [4.69, 9.17) is 0 Å². The van der Waals surface area contributed by atoms with Crippen molar-refractivity contribution in [2.45, 2.75) is 7.43 Å². The molecule has 0 aliphatic carbocycles. The molecule has 4 aromatic heterocycles. The Morgan fingerprint density at radius 2 is 0.914 bits per heavy atom. The summed E-state index contributed by atoms with van der Waals surface area (Å²) >= 11 is 0. The Morgan fingerprint density at radius 1 is 0.486 bits per heavy atom. The van der Waals surface area contributed by atoms with Gasteiger partial charge < -0.3 is 9.97 Å². The van der Waals surface area contributed by atoms with Gasteiger partial charge >= 0.3 is 0 Å². The second-order valence-corrected chi connectivity index (χ2v) is 8.10. The first-order chi connectivity index (χ1) is 16.8. The predicted octanol–water partition coefficient (Wildman–Crippen LogP) is 7.53. The molecule has 0 saturated heterocycles. The zero-order valence-electron chi connectivity index (χ0n) is 18.3. The quantitative estimate of drug-likeness (QED) is 0.248. The van der Waals surface area contributed by atoms with Crippen LogP contribution in [0.1, 0.15) is 30.2 Å². The number of pyridine rings is 1. The Morgan fingerprint density at radius 3 is 1.37 bits per heavy atom. The molecule has 1 aromatic carbocycles. The van der Waals surface area contributed by atoms with Crippen molar-refractivity contribution in [1.82, 2.24) is 24.9 Å². The molecule has 0 fully saturated rings. The SMILES string of the molecule is C.C1=Cc2cc3ccc(cc4nc(cc5ccc(cc1n2)[nH]5)C=C4)[nH]3.c1ccc2ncccc2c1. The predicted molar refractivity (Wildman–Crippen MR) is 147 cm³/mol. The largest absolute Gasteiger partial charge is 0.355 e. The van der Waals surface area contributed by atoms with Crippen molar-refractivity contribution in [3.63, 3.8) is 0 Å². The van der Waals surface area contributed by atoms with E-state index in [1.807, 2.05) is 79.0 Å². The lowest BCUT2D eigenvalue weighted by Crippen LogP contribution is -1.75. The normalized spacial score (nSPS) is 11.5. The third-order valence-corrected chi connectivity index (χ3v) is 5.55. The molecular formula is C30H25N5. The van der Waals surface area contributed by atoms with Gasteiger partial charge in [-0.05, 0) is 85.0 Å². The van der Waals surface area contributed by atoms with Crippen molar-refractivity contribution < 1.29 is 0 Å². The summed E-state index contributed by atoms with van der Waals surface area (Å²) < 4.78 is 0. The minimum absolute atomic E-state index is 0. The topological polar surface area (TPSA) is 70.2 Å². The van der Waals surface area contributed by atoms with E-state index in [2.05, 4.69) is 61.3 Å². The number of aromatic amines is 2. The summed E-state index contributed by atoms with van der Waals surface area (Å²) in [6.45, 7) is 0. The van der Waals surface area contributed by atoms with Gasteiger partial charge in [0.05, 0.1) is 28.3 Å².